The normalized spacial score (nSPS) is 19.4. The van der Waals surface area contributed by atoms with E-state index in [4.69, 9.17) is 21.1 Å². The van der Waals surface area contributed by atoms with Gasteiger partial charge in [0.15, 0.2) is 5.75 Å². The van der Waals surface area contributed by atoms with Gasteiger partial charge in [-0.3, -0.25) is 0 Å². The van der Waals surface area contributed by atoms with Gasteiger partial charge in [0.25, 0.3) is 0 Å². The molecule has 1 aliphatic heterocycles. The summed E-state index contributed by atoms with van der Waals surface area (Å²) >= 11 is 5.90. The van der Waals surface area contributed by atoms with E-state index < -0.39 is 0 Å². The Kier molecular flexibility index (Phi) is 4.78. The van der Waals surface area contributed by atoms with Crippen LogP contribution in [0.15, 0.2) is 6.20 Å². The Labute approximate surface area is 113 Å². The summed E-state index contributed by atoms with van der Waals surface area (Å²) in [5, 5.41) is 0. The lowest BCUT2D eigenvalue weighted by atomic mass is 10.2. The number of halogens is 1. The smallest absolute Gasteiger partial charge is 0.160 e. The van der Waals surface area contributed by atoms with Crippen LogP contribution >= 0.6 is 11.6 Å². The summed E-state index contributed by atoms with van der Waals surface area (Å²) in [6.07, 6.45) is 4.08. The van der Waals surface area contributed by atoms with Crippen LogP contribution in [0.5, 0.6) is 5.75 Å². The molecule has 4 nitrogen and oxygen atoms in total. The Bertz CT molecular complexity index is 393. The Hall–Kier alpha value is -0.870. The van der Waals surface area contributed by atoms with Crippen molar-refractivity contribution < 1.29 is 9.47 Å². The van der Waals surface area contributed by atoms with Crippen LogP contribution in [0.25, 0.3) is 0 Å². The first kappa shape index (κ1) is 13.6. The molecule has 2 heterocycles. The van der Waals surface area contributed by atoms with Gasteiger partial charge in [-0.25, -0.2) is 9.97 Å². The Morgan fingerprint density at radius 2 is 2.39 bits per heavy atom. The summed E-state index contributed by atoms with van der Waals surface area (Å²) in [5.74, 6) is 2.10. The molecule has 0 spiro atoms. The minimum absolute atomic E-state index is 0.193. The Morgan fingerprint density at radius 3 is 3.00 bits per heavy atom. The quantitative estimate of drug-likeness (QED) is 0.772. The molecule has 0 radical (unpaired) electrons. The van der Waals surface area contributed by atoms with E-state index in [9.17, 15) is 0 Å². The monoisotopic (exact) mass is 270 g/mol. The first-order chi connectivity index (χ1) is 8.70. The summed E-state index contributed by atoms with van der Waals surface area (Å²) in [6.45, 7) is 5.49. The lowest BCUT2D eigenvalue weighted by Crippen LogP contribution is -2.17. The fourth-order valence-corrected chi connectivity index (χ4v) is 2.07. The number of aromatic nitrogens is 2. The number of ether oxygens (including phenoxy) is 2. The van der Waals surface area contributed by atoms with Gasteiger partial charge in [-0.1, -0.05) is 13.8 Å². The maximum absolute atomic E-state index is 5.90. The van der Waals surface area contributed by atoms with E-state index in [1.807, 2.05) is 0 Å². The van der Waals surface area contributed by atoms with E-state index in [2.05, 4.69) is 23.8 Å². The molecule has 5 heteroatoms. The molecule has 0 N–H and O–H groups in total. The van der Waals surface area contributed by atoms with Crippen molar-refractivity contribution >= 4 is 11.6 Å². The molecule has 1 aromatic heterocycles. The molecule has 1 unspecified atom stereocenters. The third-order valence-electron chi connectivity index (χ3n) is 2.94. The minimum Gasteiger partial charge on any atom is -0.487 e. The van der Waals surface area contributed by atoms with Gasteiger partial charge in [-0.15, -0.1) is 11.6 Å². The van der Waals surface area contributed by atoms with Gasteiger partial charge in [-0.05, 0) is 12.8 Å². The van der Waals surface area contributed by atoms with E-state index in [0.717, 1.165) is 31.0 Å². The van der Waals surface area contributed by atoms with E-state index in [1.54, 1.807) is 6.20 Å². The van der Waals surface area contributed by atoms with Crippen molar-refractivity contribution in [1.29, 1.82) is 0 Å². The van der Waals surface area contributed by atoms with Crippen LogP contribution in [0, 0.1) is 0 Å². The van der Waals surface area contributed by atoms with E-state index in [-0.39, 0.29) is 6.10 Å². The molecule has 1 atom stereocenters. The number of nitrogens with zero attached hydrogens (tertiary/aromatic N) is 2. The van der Waals surface area contributed by atoms with Crippen molar-refractivity contribution in [3.63, 3.8) is 0 Å². The maximum atomic E-state index is 5.90. The Balaban J connectivity index is 2.02. The van der Waals surface area contributed by atoms with E-state index in [1.165, 1.54) is 0 Å². The highest BCUT2D eigenvalue weighted by Crippen LogP contribution is 2.21. The van der Waals surface area contributed by atoms with Gasteiger partial charge < -0.3 is 9.47 Å². The van der Waals surface area contributed by atoms with Crippen LogP contribution in [0.4, 0.5) is 0 Å². The molecule has 1 aromatic rings. The van der Waals surface area contributed by atoms with E-state index >= 15 is 0 Å². The van der Waals surface area contributed by atoms with Gasteiger partial charge in [0, 0.05) is 12.5 Å². The fourth-order valence-electron chi connectivity index (χ4n) is 1.87. The molecule has 0 aliphatic carbocycles. The third kappa shape index (κ3) is 3.33. The predicted octanol–water partition coefficient (Wildman–Crippen LogP) is 2.90. The summed E-state index contributed by atoms with van der Waals surface area (Å²) < 4.78 is 11.2. The van der Waals surface area contributed by atoms with Crippen LogP contribution in [-0.4, -0.2) is 29.3 Å². The second kappa shape index (κ2) is 6.34. The van der Waals surface area contributed by atoms with Gasteiger partial charge in [-0.2, -0.15) is 0 Å². The zero-order valence-electron chi connectivity index (χ0n) is 10.9. The summed E-state index contributed by atoms with van der Waals surface area (Å²) in [4.78, 5) is 8.72. The minimum atomic E-state index is 0.193. The first-order valence-electron chi connectivity index (χ1n) is 6.37. The summed E-state index contributed by atoms with van der Waals surface area (Å²) in [6, 6.07) is 0. The fraction of sp³-hybridized carbons (Fsp3) is 0.692. The highest BCUT2D eigenvalue weighted by atomic mass is 35.5. The molecule has 18 heavy (non-hydrogen) atoms. The van der Waals surface area contributed by atoms with Crippen LogP contribution in [0.3, 0.4) is 0 Å². The maximum Gasteiger partial charge on any atom is 0.160 e. The van der Waals surface area contributed by atoms with Crippen LogP contribution < -0.4 is 4.74 Å². The number of rotatable bonds is 5. The second-order valence-corrected chi connectivity index (χ2v) is 5.04. The molecule has 0 bridgehead atoms. The van der Waals surface area contributed by atoms with Gasteiger partial charge in [0.1, 0.15) is 18.1 Å². The van der Waals surface area contributed by atoms with Crippen molar-refractivity contribution in [2.75, 3.05) is 13.2 Å². The van der Waals surface area contributed by atoms with Crippen LogP contribution in [0.2, 0.25) is 0 Å². The van der Waals surface area contributed by atoms with Crippen molar-refractivity contribution in [3.8, 4) is 5.75 Å². The molecule has 1 fully saturated rings. The highest BCUT2D eigenvalue weighted by molar-refractivity contribution is 6.17. The Morgan fingerprint density at radius 1 is 1.56 bits per heavy atom. The van der Waals surface area contributed by atoms with Gasteiger partial charge >= 0.3 is 0 Å². The van der Waals surface area contributed by atoms with Crippen molar-refractivity contribution in [1.82, 2.24) is 9.97 Å². The van der Waals surface area contributed by atoms with Crippen molar-refractivity contribution in [3.05, 3.63) is 17.7 Å². The zero-order valence-corrected chi connectivity index (χ0v) is 11.6. The average molecular weight is 271 g/mol. The number of hydrogen-bond acceptors (Lipinski definition) is 4. The van der Waals surface area contributed by atoms with Crippen molar-refractivity contribution in [2.24, 2.45) is 0 Å². The molecular weight excluding hydrogens is 252 g/mol. The average Bonchev–Trinajstić information content (AvgIpc) is 2.89. The largest absolute Gasteiger partial charge is 0.487 e. The standard InChI is InChI=1S/C13H19ClN2O2/c1-9(2)13-15-7-12(11(6-14)16-13)18-8-10-4-3-5-17-10/h7,9-10H,3-6,8H2,1-2H3. The first-order valence-corrected chi connectivity index (χ1v) is 6.90. The lowest BCUT2D eigenvalue weighted by Gasteiger charge is -2.14. The summed E-state index contributed by atoms with van der Waals surface area (Å²) in [5.41, 5.74) is 0.758. The van der Waals surface area contributed by atoms with Crippen LogP contribution in [0.1, 0.15) is 44.1 Å². The summed E-state index contributed by atoms with van der Waals surface area (Å²) in [7, 11) is 0. The topological polar surface area (TPSA) is 44.2 Å². The van der Waals surface area contributed by atoms with Gasteiger partial charge in [0.05, 0.1) is 18.2 Å². The molecule has 2 rings (SSSR count). The molecule has 100 valence electrons. The second-order valence-electron chi connectivity index (χ2n) is 4.77. The molecular formula is C13H19ClN2O2. The molecule has 1 aliphatic rings. The SMILES string of the molecule is CC(C)c1ncc(OCC2CCCO2)c(CCl)n1. The molecule has 0 amide bonds. The predicted molar refractivity (Wildman–Crippen MR) is 70.1 cm³/mol. The zero-order chi connectivity index (χ0) is 13.0. The highest BCUT2D eigenvalue weighted by Gasteiger charge is 2.17. The number of hydrogen-bond donors (Lipinski definition) is 0. The molecule has 1 saturated heterocycles. The third-order valence-corrected chi connectivity index (χ3v) is 3.19. The number of alkyl halides is 1. The van der Waals surface area contributed by atoms with Crippen LogP contribution in [-0.2, 0) is 10.6 Å². The molecule has 0 saturated carbocycles. The van der Waals surface area contributed by atoms with Gasteiger partial charge in [0.2, 0.25) is 0 Å². The molecule has 0 aromatic carbocycles. The lowest BCUT2D eigenvalue weighted by molar-refractivity contribution is 0.0673. The van der Waals surface area contributed by atoms with E-state index in [0.29, 0.717) is 24.2 Å². The van der Waals surface area contributed by atoms with Crippen molar-refractivity contribution in [2.45, 2.75) is 44.6 Å².